The van der Waals surface area contributed by atoms with Crippen molar-refractivity contribution in [3.63, 3.8) is 0 Å². The first-order valence-corrected chi connectivity index (χ1v) is 6.26. The third-order valence-electron chi connectivity index (χ3n) is 2.93. The van der Waals surface area contributed by atoms with Crippen molar-refractivity contribution < 1.29 is 0 Å². The van der Waals surface area contributed by atoms with Crippen LogP contribution < -0.4 is 5.32 Å². The summed E-state index contributed by atoms with van der Waals surface area (Å²) in [5, 5.41) is 19.7. The van der Waals surface area contributed by atoms with Crippen molar-refractivity contribution >= 4 is 17.0 Å². The molecule has 1 aliphatic rings. The van der Waals surface area contributed by atoms with E-state index in [0.29, 0.717) is 17.2 Å². The van der Waals surface area contributed by atoms with Gasteiger partial charge in [-0.1, -0.05) is 6.08 Å². The van der Waals surface area contributed by atoms with Crippen LogP contribution in [0.1, 0.15) is 12.8 Å². The fourth-order valence-electron chi connectivity index (χ4n) is 1.90. The molecule has 20 heavy (non-hydrogen) atoms. The molecule has 0 fully saturated rings. The number of rotatable bonds is 2. The van der Waals surface area contributed by atoms with Crippen molar-refractivity contribution in [3.8, 4) is 6.07 Å². The number of H-pyrrole nitrogens is 1. The molecule has 0 unspecified atom stereocenters. The summed E-state index contributed by atoms with van der Waals surface area (Å²) in [4.78, 5) is 8.58. The van der Waals surface area contributed by atoms with E-state index in [4.69, 9.17) is 5.26 Å². The van der Waals surface area contributed by atoms with Gasteiger partial charge in [-0.05, 0) is 31.1 Å². The molecule has 2 heterocycles. The van der Waals surface area contributed by atoms with Crippen molar-refractivity contribution in [3.05, 3.63) is 48.0 Å². The molecule has 0 aliphatic heterocycles. The summed E-state index contributed by atoms with van der Waals surface area (Å²) in [6.45, 7) is 0. The van der Waals surface area contributed by atoms with E-state index in [0.717, 1.165) is 23.9 Å². The lowest BCUT2D eigenvalue weighted by Crippen LogP contribution is -2.04. The summed E-state index contributed by atoms with van der Waals surface area (Å²) in [6.07, 6.45) is 12.6. The number of nitrogens with zero attached hydrogens (tertiary/aromatic N) is 4. The summed E-state index contributed by atoms with van der Waals surface area (Å²) >= 11 is 0. The van der Waals surface area contributed by atoms with E-state index < -0.39 is 0 Å². The number of aromatic amines is 1. The van der Waals surface area contributed by atoms with Gasteiger partial charge in [0.05, 0.1) is 23.2 Å². The molecule has 0 aromatic carbocycles. The van der Waals surface area contributed by atoms with Crippen LogP contribution in [0, 0.1) is 11.3 Å². The van der Waals surface area contributed by atoms with E-state index in [1.807, 2.05) is 18.2 Å². The summed E-state index contributed by atoms with van der Waals surface area (Å²) in [5.41, 5.74) is 2.30. The largest absolute Gasteiger partial charge is 0.328 e. The predicted molar refractivity (Wildman–Crippen MR) is 75.5 cm³/mol. The van der Waals surface area contributed by atoms with Gasteiger partial charge in [0.15, 0.2) is 5.65 Å². The van der Waals surface area contributed by atoms with Crippen molar-refractivity contribution in [2.24, 2.45) is 0 Å². The number of anilines is 1. The van der Waals surface area contributed by atoms with E-state index in [1.54, 1.807) is 18.5 Å². The maximum Gasteiger partial charge on any atom is 0.228 e. The molecule has 0 radical (unpaired) electrons. The van der Waals surface area contributed by atoms with Gasteiger partial charge in [0.2, 0.25) is 5.95 Å². The average Bonchev–Trinajstić information content (AvgIpc) is 2.90. The normalized spacial score (nSPS) is 21.8. The molecule has 2 aromatic rings. The SMILES string of the molecule is N#CC1=C/C=C(/Nc2ncc3cn[nH]c3n2)CC/C=C\1. The smallest absolute Gasteiger partial charge is 0.228 e. The Morgan fingerprint density at radius 1 is 1.30 bits per heavy atom. The van der Waals surface area contributed by atoms with Crippen molar-refractivity contribution in [1.29, 1.82) is 5.26 Å². The zero-order valence-electron chi connectivity index (χ0n) is 10.7. The molecule has 98 valence electrons. The summed E-state index contributed by atoms with van der Waals surface area (Å²) in [5.74, 6) is 0.518. The fourth-order valence-corrected chi connectivity index (χ4v) is 1.90. The Balaban J connectivity index is 1.84. The minimum Gasteiger partial charge on any atom is -0.328 e. The lowest BCUT2D eigenvalue weighted by molar-refractivity contribution is 0.966. The minimum atomic E-state index is 0.518. The molecule has 6 nitrogen and oxygen atoms in total. The van der Waals surface area contributed by atoms with E-state index in [-0.39, 0.29) is 0 Å². The maximum atomic E-state index is 8.92. The van der Waals surface area contributed by atoms with Gasteiger partial charge in [0, 0.05) is 11.9 Å². The van der Waals surface area contributed by atoms with E-state index in [2.05, 4.69) is 31.6 Å². The van der Waals surface area contributed by atoms with Gasteiger partial charge in [0.1, 0.15) is 0 Å². The lowest BCUT2D eigenvalue weighted by atomic mass is 10.1. The molecular weight excluding hydrogens is 252 g/mol. The highest BCUT2D eigenvalue weighted by Crippen LogP contribution is 2.15. The molecule has 6 heteroatoms. The van der Waals surface area contributed by atoms with Crippen LogP contribution in [0.25, 0.3) is 11.0 Å². The van der Waals surface area contributed by atoms with Crippen molar-refractivity contribution in [1.82, 2.24) is 20.2 Å². The number of nitrogens with one attached hydrogen (secondary N) is 2. The third kappa shape index (κ3) is 2.57. The van der Waals surface area contributed by atoms with Crippen molar-refractivity contribution in [2.45, 2.75) is 12.8 Å². The lowest BCUT2D eigenvalue weighted by Gasteiger charge is -2.09. The molecule has 3 rings (SSSR count). The molecule has 2 N–H and O–H groups in total. The Morgan fingerprint density at radius 2 is 2.25 bits per heavy atom. The second kappa shape index (κ2) is 5.36. The quantitative estimate of drug-likeness (QED) is 0.869. The maximum absolute atomic E-state index is 8.92. The van der Waals surface area contributed by atoms with Crippen LogP contribution in [-0.4, -0.2) is 20.2 Å². The highest BCUT2D eigenvalue weighted by Gasteiger charge is 2.04. The van der Waals surface area contributed by atoms with E-state index >= 15 is 0 Å². The van der Waals surface area contributed by atoms with Crippen LogP contribution >= 0.6 is 0 Å². The standard InChI is InChI=1S/C14H12N6/c15-7-10-3-1-2-4-12(6-5-10)18-14-16-8-11-9-17-20-13(11)19-14/h1,3,5-6,8-9H,2,4H2,(H2,16,17,18,19,20)/b3-1-,10-5+,12-6+. The van der Waals surface area contributed by atoms with Gasteiger partial charge in [-0.15, -0.1) is 0 Å². The highest BCUT2D eigenvalue weighted by atomic mass is 15.2. The van der Waals surface area contributed by atoms with Crippen molar-refractivity contribution in [2.75, 3.05) is 5.32 Å². The van der Waals surface area contributed by atoms with Crippen LogP contribution in [0.4, 0.5) is 5.95 Å². The van der Waals surface area contributed by atoms with Gasteiger partial charge in [0.25, 0.3) is 0 Å². The van der Waals surface area contributed by atoms with Gasteiger partial charge in [-0.2, -0.15) is 15.3 Å². The van der Waals surface area contributed by atoms with Crippen LogP contribution in [0.2, 0.25) is 0 Å². The molecule has 0 amide bonds. The van der Waals surface area contributed by atoms with Crippen LogP contribution in [-0.2, 0) is 0 Å². The molecule has 0 bridgehead atoms. The van der Waals surface area contributed by atoms with E-state index in [9.17, 15) is 0 Å². The zero-order valence-corrected chi connectivity index (χ0v) is 10.7. The Bertz CT molecular complexity index is 759. The average molecular weight is 264 g/mol. The Hall–Kier alpha value is -2.94. The number of fused-ring (bicyclic) bond motifs is 1. The molecular formula is C14H12N6. The topological polar surface area (TPSA) is 90.3 Å². The molecule has 1 aliphatic carbocycles. The van der Waals surface area contributed by atoms with Gasteiger partial charge < -0.3 is 5.32 Å². The summed E-state index contributed by atoms with van der Waals surface area (Å²) in [7, 11) is 0. The van der Waals surface area contributed by atoms with Crippen LogP contribution in [0.3, 0.4) is 0 Å². The number of hydrogen-bond donors (Lipinski definition) is 2. The molecule has 0 atom stereocenters. The Morgan fingerprint density at radius 3 is 3.15 bits per heavy atom. The van der Waals surface area contributed by atoms with Crippen LogP contribution in [0.5, 0.6) is 0 Å². The number of hydrogen-bond acceptors (Lipinski definition) is 5. The van der Waals surface area contributed by atoms with Gasteiger partial charge >= 0.3 is 0 Å². The molecule has 0 saturated carbocycles. The first-order valence-electron chi connectivity index (χ1n) is 6.26. The predicted octanol–water partition coefficient (Wildman–Crippen LogP) is 2.45. The molecule has 2 aromatic heterocycles. The molecule has 0 saturated heterocycles. The first kappa shape index (κ1) is 12.1. The molecule has 0 spiro atoms. The third-order valence-corrected chi connectivity index (χ3v) is 2.93. The second-order valence-electron chi connectivity index (χ2n) is 4.36. The van der Waals surface area contributed by atoms with Gasteiger partial charge in [-0.3, -0.25) is 5.10 Å². The highest BCUT2D eigenvalue weighted by molar-refractivity contribution is 5.73. The summed E-state index contributed by atoms with van der Waals surface area (Å²) in [6, 6.07) is 2.13. The zero-order chi connectivity index (χ0) is 13.8. The number of allylic oxidation sites excluding steroid dienone is 6. The number of aromatic nitrogens is 4. The fraction of sp³-hybridized carbons (Fsp3) is 0.143. The van der Waals surface area contributed by atoms with E-state index in [1.165, 1.54) is 0 Å². The van der Waals surface area contributed by atoms with Crippen LogP contribution in [0.15, 0.2) is 48.0 Å². The Labute approximate surface area is 115 Å². The second-order valence-corrected chi connectivity index (χ2v) is 4.36. The van der Waals surface area contributed by atoms with Gasteiger partial charge in [-0.25, -0.2) is 4.98 Å². The monoisotopic (exact) mass is 264 g/mol. The first-order chi connectivity index (χ1) is 9.85. The summed E-state index contributed by atoms with van der Waals surface area (Å²) < 4.78 is 0. The Kier molecular flexibility index (Phi) is 3.25. The number of nitriles is 1. The minimum absolute atomic E-state index is 0.518.